The van der Waals surface area contributed by atoms with E-state index in [0.29, 0.717) is 53.3 Å². The van der Waals surface area contributed by atoms with Crippen molar-refractivity contribution in [1.29, 1.82) is 5.26 Å². The number of nitriles is 1. The van der Waals surface area contributed by atoms with Crippen LogP contribution in [0.1, 0.15) is 77.6 Å². The molecule has 1 spiro atoms. The van der Waals surface area contributed by atoms with Gasteiger partial charge in [0.2, 0.25) is 5.88 Å². The van der Waals surface area contributed by atoms with Gasteiger partial charge < -0.3 is 20.3 Å². The maximum absolute atomic E-state index is 14.2. The number of rotatable bonds is 5. The zero-order valence-electron chi connectivity index (χ0n) is 24.8. The molecule has 228 valence electrons. The van der Waals surface area contributed by atoms with Crippen molar-refractivity contribution in [2.24, 2.45) is 0 Å². The molecule has 8 rings (SSSR count). The number of aryl methyl sites for hydroxylation is 1. The van der Waals surface area contributed by atoms with Crippen molar-refractivity contribution >= 4 is 16.3 Å². The van der Waals surface area contributed by atoms with E-state index in [1.54, 1.807) is 10.7 Å². The Morgan fingerprint density at radius 3 is 2.89 bits per heavy atom. The van der Waals surface area contributed by atoms with Gasteiger partial charge in [-0.3, -0.25) is 4.90 Å². The van der Waals surface area contributed by atoms with Crippen LogP contribution in [-0.4, -0.2) is 61.7 Å². The first kappa shape index (κ1) is 27.7. The van der Waals surface area contributed by atoms with E-state index >= 15 is 0 Å². The molecule has 0 unspecified atom stereocenters. The number of nitrogens with two attached hydrogens (primary N) is 1. The second kappa shape index (κ2) is 10.4. The number of halogens is 1. The number of alkyl halides is 1. The number of likely N-dealkylation sites (N-methyl/N-ethyl adjacent to an activating group) is 1. The summed E-state index contributed by atoms with van der Waals surface area (Å²) < 4.78 is 28.6. The second-order valence-corrected chi connectivity index (χ2v) is 13.7. The zero-order chi connectivity index (χ0) is 30.2. The first-order valence-corrected chi connectivity index (χ1v) is 16.2. The number of anilines is 1. The fourth-order valence-electron chi connectivity index (χ4n) is 7.87. The quantitative estimate of drug-likeness (QED) is 0.335. The van der Waals surface area contributed by atoms with Gasteiger partial charge >= 0.3 is 0 Å². The Morgan fingerprint density at radius 1 is 1.27 bits per heavy atom. The second-order valence-electron chi connectivity index (χ2n) is 12.6. The summed E-state index contributed by atoms with van der Waals surface area (Å²) in [5.41, 5.74) is 11.2. The summed E-state index contributed by atoms with van der Waals surface area (Å²) in [6.45, 7) is 3.81. The van der Waals surface area contributed by atoms with E-state index in [0.717, 1.165) is 73.2 Å². The van der Waals surface area contributed by atoms with Crippen molar-refractivity contribution in [2.45, 2.75) is 88.7 Å². The van der Waals surface area contributed by atoms with Crippen LogP contribution in [-0.2, 0) is 31.3 Å². The van der Waals surface area contributed by atoms with Crippen LogP contribution >= 0.6 is 11.3 Å². The maximum Gasteiger partial charge on any atom is 0.219 e. The molecular formula is C31H34FN9O2S. The monoisotopic (exact) mass is 615 g/mol. The Hall–Kier alpha value is -3.86. The highest BCUT2D eigenvalue weighted by Gasteiger charge is 2.49. The summed E-state index contributed by atoms with van der Waals surface area (Å²) in [6.07, 6.45) is 6.55. The van der Waals surface area contributed by atoms with Crippen LogP contribution in [0.3, 0.4) is 0 Å². The number of ether oxygens (including phenoxy) is 1. The lowest BCUT2D eigenvalue weighted by Crippen LogP contribution is -2.38. The van der Waals surface area contributed by atoms with Crippen LogP contribution in [0.25, 0.3) is 17.3 Å². The van der Waals surface area contributed by atoms with E-state index in [9.17, 15) is 9.65 Å². The first-order chi connectivity index (χ1) is 21.3. The summed E-state index contributed by atoms with van der Waals surface area (Å²) in [5, 5.41) is 23.3. The molecule has 11 nitrogen and oxygen atoms in total. The first-order valence-electron chi connectivity index (χ1n) is 15.3. The number of nitrogens with zero attached hydrogens (tertiary/aromatic N) is 7. The van der Waals surface area contributed by atoms with Crippen molar-refractivity contribution in [3.05, 3.63) is 50.8 Å². The van der Waals surface area contributed by atoms with Gasteiger partial charge in [-0.25, -0.2) is 14.1 Å². The third kappa shape index (κ3) is 4.26. The van der Waals surface area contributed by atoms with Crippen molar-refractivity contribution in [1.82, 2.24) is 35.1 Å². The largest absolute Gasteiger partial charge is 0.473 e. The van der Waals surface area contributed by atoms with Crippen molar-refractivity contribution in [3.63, 3.8) is 0 Å². The molecule has 1 saturated heterocycles. The summed E-state index contributed by atoms with van der Waals surface area (Å²) in [5.74, 6) is 2.13. The van der Waals surface area contributed by atoms with Gasteiger partial charge in [0.05, 0.1) is 16.7 Å². The van der Waals surface area contributed by atoms with Crippen LogP contribution in [0.5, 0.6) is 5.88 Å². The predicted octanol–water partition coefficient (Wildman–Crippen LogP) is 4.20. The topological polar surface area (TPSA) is 144 Å². The molecule has 2 aliphatic heterocycles. The van der Waals surface area contributed by atoms with Gasteiger partial charge in [-0.15, -0.1) is 11.3 Å². The van der Waals surface area contributed by atoms with E-state index in [2.05, 4.69) is 16.5 Å². The third-order valence-electron chi connectivity index (χ3n) is 9.88. The van der Waals surface area contributed by atoms with Crippen molar-refractivity contribution in [3.8, 4) is 29.3 Å². The molecule has 0 radical (unpaired) electrons. The van der Waals surface area contributed by atoms with E-state index in [4.69, 9.17) is 30.1 Å². The Labute approximate surface area is 258 Å². The lowest BCUT2D eigenvalue weighted by molar-refractivity contribution is 0.117. The molecule has 13 heteroatoms. The molecule has 4 aromatic rings. The number of fused-ring (bicyclic) bond motifs is 5. The van der Waals surface area contributed by atoms with Crippen LogP contribution in [0.2, 0.25) is 0 Å². The molecule has 0 amide bonds. The number of likely N-dealkylation sites (tertiary alicyclic amines) is 1. The lowest BCUT2D eigenvalue weighted by atomic mass is 9.63. The molecule has 4 atom stereocenters. The molecule has 44 heavy (non-hydrogen) atoms. The average molecular weight is 616 g/mol. The van der Waals surface area contributed by atoms with Gasteiger partial charge in [-0.05, 0) is 64.5 Å². The van der Waals surface area contributed by atoms with E-state index in [1.165, 1.54) is 16.2 Å². The van der Waals surface area contributed by atoms with E-state index < -0.39 is 11.6 Å². The lowest BCUT2D eigenvalue weighted by Gasteiger charge is -2.39. The highest BCUT2D eigenvalue weighted by molar-refractivity contribution is 7.16. The van der Waals surface area contributed by atoms with Crippen molar-refractivity contribution < 1.29 is 13.7 Å². The molecule has 1 fully saturated rings. The fourth-order valence-corrected chi connectivity index (χ4v) is 9.03. The number of hydrogen-bond donors (Lipinski definition) is 2. The van der Waals surface area contributed by atoms with Crippen LogP contribution in [0.4, 0.5) is 9.39 Å². The highest BCUT2D eigenvalue weighted by Crippen LogP contribution is 2.55. The van der Waals surface area contributed by atoms with E-state index in [-0.39, 0.29) is 12.1 Å². The normalized spacial score (nSPS) is 25.0. The molecular weight excluding hydrogens is 581 g/mol. The molecule has 2 aliphatic carbocycles. The smallest absolute Gasteiger partial charge is 0.219 e. The Balaban J connectivity index is 1.23. The summed E-state index contributed by atoms with van der Waals surface area (Å²) >= 11 is 1.53. The summed E-state index contributed by atoms with van der Waals surface area (Å²) in [4.78, 5) is 13.0. The molecule has 0 bridgehead atoms. The molecule has 4 aliphatic rings. The Morgan fingerprint density at radius 2 is 2.11 bits per heavy atom. The fraction of sp³-hybridized carbons (Fsp3) is 0.516. The third-order valence-corrected chi connectivity index (χ3v) is 11.0. The molecule has 4 aromatic heterocycles. The van der Waals surface area contributed by atoms with Gasteiger partial charge in [0, 0.05) is 53.9 Å². The molecule has 0 aromatic carbocycles. The number of thiophene rings is 1. The van der Waals surface area contributed by atoms with Gasteiger partial charge in [0.15, 0.2) is 23.1 Å². The molecule has 6 heterocycles. The number of hydrogen-bond acceptors (Lipinski definition) is 11. The SMILES string of the molecule is C[C@H](Oc1cc(-n2cc3c(n2)CNC3)nc(-c2noc3c2CCC[C@@]32CCCc3sc(N)c(C#N)c32)n1)[C@@H]1C[C@@H](F)CN1C. The van der Waals surface area contributed by atoms with Gasteiger partial charge in [0.25, 0.3) is 0 Å². The van der Waals surface area contributed by atoms with E-state index in [1.807, 2.05) is 25.1 Å². The number of nitrogen functional groups attached to an aromatic ring is 1. The molecule has 3 N–H and O–H groups in total. The molecule has 0 saturated carbocycles. The Kier molecular flexibility index (Phi) is 6.51. The average Bonchev–Trinajstić information content (AvgIpc) is 3.81. The summed E-state index contributed by atoms with van der Waals surface area (Å²) in [6, 6.07) is 4.10. The van der Waals surface area contributed by atoms with Crippen molar-refractivity contribution in [2.75, 3.05) is 19.3 Å². The Bertz CT molecular complexity index is 1780. The number of aromatic nitrogens is 5. The van der Waals surface area contributed by atoms with Gasteiger partial charge in [0.1, 0.15) is 23.3 Å². The minimum Gasteiger partial charge on any atom is -0.473 e. The van der Waals surface area contributed by atoms with Crippen LogP contribution in [0.15, 0.2) is 16.8 Å². The van der Waals surface area contributed by atoms with Gasteiger partial charge in [-0.1, -0.05) is 5.16 Å². The maximum atomic E-state index is 14.2. The van der Waals surface area contributed by atoms with Crippen LogP contribution in [0, 0.1) is 11.3 Å². The minimum atomic E-state index is -0.873. The standard InChI is InChI=1S/C31H34FN9O2S/c1-16(22-9-18(32)15-40(22)2)42-25-10-24(41-14-17-12-35-13-21(17)38-41)36-30(37-25)27-19-5-3-7-31(28(19)43-39-27)8-4-6-23-26(31)20(11-33)29(34)44-23/h10,14,16,18,22,35H,3-9,12-13,15,34H2,1-2H3/t16-,18+,22-,31-/m0/s1. The predicted molar refractivity (Wildman–Crippen MR) is 161 cm³/mol. The minimum absolute atomic E-state index is 0.0704. The summed E-state index contributed by atoms with van der Waals surface area (Å²) in [7, 11) is 1.92. The highest BCUT2D eigenvalue weighted by atomic mass is 32.1. The van der Waals surface area contributed by atoms with Gasteiger partial charge in [-0.2, -0.15) is 15.3 Å². The zero-order valence-corrected chi connectivity index (χ0v) is 25.6. The number of nitrogens with one attached hydrogen (secondary N) is 1. The van der Waals surface area contributed by atoms with Crippen LogP contribution < -0.4 is 15.8 Å².